The van der Waals surface area contributed by atoms with Crippen LogP contribution in [0, 0.1) is 6.92 Å². The second-order valence-electron chi connectivity index (χ2n) is 6.88. The van der Waals surface area contributed by atoms with Gasteiger partial charge in [-0.3, -0.25) is 4.79 Å². The molecule has 1 heterocycles. The molecule has 1 N–H and O–H groups in total. The zero-order chi connectivity index (χ0) is 19.6. The lowest BCUT2D eigenvalue weighted by molar-refractivity contribution is -0.123. The minimum Gasteiger partial charge on any atom is -0.448 e. The fourth-order valence-electron chi connectivity index (χ4n) is 2.92. The van der Waals surface area contributed by atoms with Crippen LogP contribution in [0.1, 0.15) is 47.5 Å². The van der Waals surface area contributed by atoms with Crippen LogP contribution in [-0.2, 0) is 9.53 Å². The number of thiophene rings is 1. The van der Waals surface area contributed by atoms with Gasteiger partial charge in [0, 0.05) is 10.4 Å². The molecule has 5 heteroatoms. The maximum Gasteiger partial charge on any atom is 0.349 e. The summed E-state index contributed by atoms with van der Waals surface area (Å²) in [5.74, 6) is -0.537. The van der Waals surface area contributed by atoms with Gasteiger partial charge in [-0.25, -0.2) is 4.79 Å². The third-order valence-electron chi connectivity index (χ3n) is 4.45. The highest BCUT2D eigenvalue weighted by Gasteiger charge is 2.22. The highest BCUT2D eigenvalue weighted by molar-refractivity contribution is 7.20. The number of benzene rings is 2. The van der Waals surface area contributed by atoms with Crippen molar-refractivity contribution in [3.05, 3.63) is 64.5 Å². The van der Waals surface area contributed by atoms with Crippen molar-refractivity contribution < 1.29 is 14.3 Å². The van der Waals surface area contributed by atoms with E-state index in [1.807, 2.05) is 49.4 Å². The van der Waals surface area contributed by atoms with E-state index in [-0.39, 0.29) is 11.8 Å². The lowest BCUT2D eigenvalue weighted by Crippen LogP contribution is -2.30. The Bertz CT molecular complexity index is 957. The molecule has 0 spiro atoms. The number of amides is 1. The second-order valence-corrected chi connectivity index (χ2v) is 7.96. The number of hydrogen-bond acceptors (Lipinski definition) is 4. The lowest BCUT2D eigenvalue weighted by Gasteiger charge is -2.18. The van der Waals surface area contributed by atoms with E-state index < -0.39 is 12.1 Å². The first-order valence-electron chi connectivity index (χ1n) is 8.96. The highest BCUT2D eigenvalue weighted by Crippen LogP contribution is 2.28. The fourth-order valence-corrected chi connectivity index (χ4v) is 3.87. The van der Waals surface area contributed by atoms with Crippen LogP contribution in [0.15, 0.2) is 48.5 Å². The Morgan fingerprint density at radius 2 is 1.78 bits per heavy atom. The number of anilines is 1. The van der Waals surface area contributed by atoms with E-state index in [2.05, 4.69) is 19.2 Å². The molecule has 4 nitrogen and oxygen atoms in total. The van der Waals surface area contributed by atoms with Gasteiger partial charge in [-0.1, -0.05) is 50.2 Å². The average molecular weight is 381 g/mol. The average Bonchev–Trinajstić information content (AvgIpc) is 3.07. The number of nitrogens with one attached hydrogen (secondary N) is 1. The largest absolute Gasteiger partial charge is 0.448 e. The molecule has 3 rings (SSSR count). The van der Waals surface area contributed by atoms with Gasteiger partial charge in [-0.05, 0) is 48.4 Å². The molecule has 1 atom stereocenters. The van der Waals surface area contributed by atoms with Crippen LogP contribution in [-0.4, -0.2) is 18.0 Å². The van der Waals surface area contributed by atoms with Gasteiger partial charge in [0.2, 0.25) is 0 Å². The Morgan fingerprint density at radius 3 is 2.48 bits per heavy atom. The highest BCUT2D eigenvalue weighted by atomic mass is 32.1. The number of aryl methyl sites for hydroxylation is 1. The number of carbonyl (C=O) groups is 2. The van der Waals surface area contributed by atoms with E-state index in [9.17, 15) is 9.59 Å². The topological polar surface area (TPSA) is 55.4 Å². The minimum atomic E-state index is -0.887. The van der Waals surface area contributed by atoms with Crippen molar-refractivity contribution in [3.63, 3.8) is 0 Å². The van der Waals surface area contributed by atoms with E-state index >= 15 is 0 Å². The van der Waals surface area contributed by atoms with E-state index in [0.29, 0.717) is 4.88 Å². The number of hydrogen-bond donors (Lipinski definition) is 1. The van der Waals surface area contributed by atoms with Crippen LogP contribution in [0.3, 0.4) is 0 Å². The molecular formula is C22H23NO3S. The van der Waals surface area contributed by atoms with Crippen LogP contribution in [0.25, 0.3) is 10.1 Å². The number of ether oxygens (including phenoxy) is 1. The fraction of sp³-hybridized carbons (Fsp3) is 0.273. The normalized spacial score (nSPS) is 12.2. The van der Waals surface area contributed by atoms with Gasteiger partial charge in [-0.2, -0.15) is 0 Å². The second kappa shape index (κ2) is 7.92. The van der Waals surface area contributed by atoms with E-state index in [0.717, 1.165) is 26.9 Å². The van der Waals surface area contributed by atoms with Crippen molar-refractivity contribution >= 4 is 39.0 Å². The summed E-state index contributed by atoms with van der Waals surface area (Å²) >= 11 is 1.37. The minimum absolute atomic E-state index is 0.275. The lowest BCUT2D eigenvalue weighted by atomic mass is 9.98. The zero-order valence-electron chi connectivity index (χ0n) is 15.9. The van der Waals surface area contributed by atoms with Crippen LogP contribution in [0.5, 0.6) is 0 Å². The molecule has 140 valence electrons. The summed E-state index contributed by atoms with van der Waals surface area (Å²) in [5, 5.41) is 3.92. The first kappa shape index (κ1) is 19.1. The molecule has 0 aliphatic heterocycles. The molecular weight excluding hydrogens is 358 g/mol. The Morgan fingerprint density at radius 1 is 1.04 bits per heavy atom. The summed E-state index contributed by atoms with van der Waals surface area (Å²) in [4.78, 5) is 25.5. The van der Waals surface area contributed by atoms with E-state index in [1.54, 1.807) is 13.0 Å². The summed E-state index contributed by atoms with van der Waals surface area (Å²) in [6.45, 7) is 7.70. The predicted molar refractivity (Wildman–Crippen MR) is 111 cm³/mol. The third kappa shape index (κ3) is 4.19. The van der Waals surface area contributed by atoms with Gasteiger partial charge in [0.1, 0.15) is 4.88 Å². The Kier molecular flexibility index (Phi) is 5.61. The molecule has 2 aromatic carbocycles. The Labute approximate surface area is 163 Å². The Hall–Kier alpha value is -2.66. The molecule has 0 unspecified atom stereocenters. The number of carbonyl (C=O) groups excluding carboxylic acids is 2. The molecule has 0 aliphatic carbocycles. The summed E-state index contributed by atoms with van der Waals surface area (Å²) in [6.07, 6.45) is -0.887. The molecule has 3 aromatic rings. The SMILES string of the molecule is Cc1cccc(C(C)C)c1NC(=O)[C@H](C)OC(=O)c1cc2ccccc2s1. The maximum atomic E-state index is 12.6. The van der Waals surface area contributed by atoms with Gasteiger partial charge in [0.25, 0.3) is 5.91 Å². The molecule has 1 amide bonds. The molecule has 0 fully saturated rings. The smallest absolute Gasteiger partial charge is 0.349 e. The Balaban J connectivity index is 1.72. The van der Waals surface area contributed by atoms with Crippen LogP contribution < -0.4 is 5.32 Å². The van der Waals surface area contributed by atoms with Crippen LogP contribution >= 0.6 is 11.3 Å². The molecule has 0 radical (unpaired) electrons. The first-order chi connectivity index (χ1) is 12.9. The molecule has 1 aromatic heterocycles. The van der Waals surface area contributed by atoms with Gasteiger partial charge >= 0.3 is 5.97 Å². The maximum absolute atomic E-state index is 12.6. The van der Waals surface area contributed by atoms with E-state index in [4.69, 9.17) is 4.74 Å². The molecule has 0 bridgehead atoms. The van der Waals surface area contributed by atoms with Crippen molar-refractivity contribution in [1.29, 1.82) is 0 Å². The molecule has 0 saturated heterocycles. The molecule has 0 aliphatic rings. The molecule has 0 saturated carbocycles. The third-order valence-corrected chi connectivity index (χ3v) is 5.55. The van der Waals surface area contributed by atoms with Crippen LogP contribution in [0.2, 0.25) is 0 Å². The van der Waals surface area contributed by atoms with Crippen molar-refractivity contribution in [2.24, 2.45) is 0 Å². The van der Waals surface area contributed by atoms with Gasteiger partial charge in [0.15, 0.2) is 6.10 Å². The summed E-state index contributed by atoms with van der Waals surface area (Å²) in [5.41, 5.74) is 2.84. The number of rotatable bonds is 5. The van der Waals surface area contributed by atoms with Crippen molar-refractivity contribution in [2.45, 2.75) is 39.7 Å². The van der Waals surface area contributed by atoms with Crippen molar-refractivity contribution in [3.8, 4) is 0 Å². The van der Waals surface area contributed by atoms with Crippen LogP contribution in [0.4, 0.5) is 5.69 Å². The quantitative estimate of drug-likeness (QED) is 0.592. The van der Waals surface area contributed by atoms with Gasteiger partial charge in [-0.15, -0.1) is 11.3 Å². The van der Waals surface area contributed by atoms with Crippen molar-refractivity contribution in [1.82, 2.24) is 0 Å². The summed E-state index contributed by atoms with van der Waals surface area (Å²) in [7, 11) is 0. The number of fused-ring (bicyclic) bond motifs is 1. The zero-order valence-corrected chi connectivity index (χ0v) is 16.7. The van der Waals surface area contributed by atoms with Gasteiger partial charge in [0.05, 0.1) is 0 Å². The standard InChI is InChI=1S/C22H23NO3S/c1-13(2)17-10-7-8-14(3)20(17)23-21(24)15(4)26-22(25)19-12-16-9-5-6-11-18(16)27-19/h5-13,15H,1-4H3,(H,23,24)/t15-/m0/s1. The monoisotopic (exact) mass is 381 g/mol. The van der Waals surface area contributed by atoms with E-state index in [1.165, 1.54) is 11.3 Å². The summed E-state index contributed by atoms with van der Waals surface area (Å²) in [6, 6.07) is 15.5. The first-order valence-corrected chi connectivity index (χ1v) is 9.78. The van der Waals surface area contributed by atoms with Crippen molar-refractivity contribution in [2.75, 3.05) is 5.32 Å². The molecule has 27 heavy (non-hydrogen) atoms. The number of para-hydroxylation sites is 1. The summed E-state index contributed by atoms with van der Waals surface area (Å²) < 4.78 is 6.42. The number of esters is 1. The predicted octanol–water partition coefficient (Wildman–Crippen LogP) is 5.52. The van der Waals surface area contributed by atoms with Gasteiger partial charge < -0.3 is 10.1 Å².